The summed E-state index contributed by atoms with van der Waals surface area (Å²) in [5.74, 6) is -0.714. The monoisotopic (exact) mass is 434 g/mol. The summed E-state index contributed by atoms with van der Waals surface area (Å²) in [6, 6.07) is 9.92. The van der Waals surface area contributed by atoms with Crippen molar-refractivity contribution in [3.63, 3.8) is 0 Å². The quantitative estimate of drug-likeness (QED) is 0.572. The number of ether oxygens (including phenoxy) is 2. The molecular formula is C19H16Cl2N4O4. The van der Waals surface area contributed by atoms with Crippen molar-refractivity contribution in [2.45, 2.75) is 6.92 Å². The van der Waals surface area contributed by atoms with Crippen LogP contribution >= 0.6 is 23.2 Å². The van der Waals surface area contributed by atoms with Crippen molar-refractivity contribution in [2.75, 3.05) is 18.5 Å². The van der Waals surface area contributed by atoms with Gasteiger partial charge in [0.25, 0.3) is 5.91 Å². The van der Waals surface area contributed by atoms with E-state index in [9.17, 15) is 9.59 Å². The topological polar surface area (TPSA) is 95.3 Å². The highest BCUT2D eigenvalue weighted by Gasteiger charge is 2.13. The normalized spacial score (nSPS) is 10.4. The molecule has 0 fully saturated rings. The number of aryl methyl sites for hydroxylation is 1. The van der Waals surface area contributed by atoms with Gasteiger partial charge in [-0.25, -0.2) is 14.5 Å². The fraction of sp³-hybridized carbons (Fsp3) is 0.158. The fourth-order valence-electron chi connectivity index (χ4n) is 2.43. The van der Waals surface area contributed by atoms with Crippen LogP contribution in [0.15, 0.2) is 49.1 Å². The van der Waals surface area contributed by atoms with Crippen LogP contribution in [0, 0.1) is 6.92 Å². The molecule has 1 heterocycles. The summed E-state index contributed by atoms with van der Waals surface area (Å²) < 4.78 is 11.8. The van der Waals surface area contributed by atoms with Gasteiger partial charge in [0.05, 0.1) is 11.4 Å². The molecule has 29 heavy (non-hydrogen) atoms. The molecule has 1 amide bonds. The van der Waals surface area contributed by atoms with Crippen LogP contribution in [-0.4, -0.2) is 39.9 Å². The standard InChI is InChI=1S/C19H16Cl2N4O4/c1-12-6-13(20)3-5-17(12)28-9-19(27)29-8-18(26)24-15-7-14(21)2-4-16(15)25-11-22-10-23-25/h2-7,10-11H,8-9H2,1H3,(H,24,26). The number of nitrogens with zero attached hydrogens (tertiary/aromatic N) is 3. The van der Waals surface area contributed by atoms with Crippen molar-refractivity contribution in [2.24, 2.45) is 0 Å². The Kier molecular flexibility index (Phi) is 6.69. The second kappa shape index (κ2) is 9.40. The molecule has 0 atom stereocenters. The molecule has 3 rings (SSSR count). The first-order valence-corrected chi connectivity index (χ1v) is 9.17. The van der Waals surface area contributed by atoms with Gasteiger partial charge < -0.3 is 14.8 Å². The molecule has 10 heteroatoms. The molecule has 8 nitrogen and oxygen atoms in total. The highest BCUT2D eigenvalue weighted by Crippen LogP contribution is 2.24. The summed E-state index contributed by atoms with van der Waals surface area (Å²) in [7, 11) is 0. The largest absolute Gasteiger partial charge is 0.482 e. The number of nitrogens with one attached hydrogen (secondary N) is 1. The molecule has 0 radical (unpaired) electrons. The van der Waals surface area contributed by atoms with Crippen molar-refractivity contribution in [1.29, 1.82) is 0 Å². The van der Waals surface area contributed by atoms with Gasteiger partial charge in [-0.05, 0) is 48.9 Å². The Bertz CT molecular complexity index is 1030. The van der Waals surface area contributed by atoms with E-state index in [4.69, 9.17) is 32.7 Å². The first kappa shape index (κ1) is 20.6. The van der Waals surface area contributed by atoms with E-state index in [-0.39, 0.29) is 6.61 Å². The average Bonchev–Trinajstić information content (AvgIpc) is 3.20. The summed E-state index contributed by atoms with van der Waals surface area (Å²) in [4.78, 5) is 27.9. The van der Waals surface area contributed by atoms with Crippen molar-refractivity contribution in [1.82, 2.24) is 14.8 Å². The van der Waals surface area contributed by atoms with E-state index in [1.54, 1.807) is 43.3 Å². The maximum atomic E-state index is 12.2. The molecular weight excluding hydrogens is 419 g/mol. The molecule has 0 saturated heterocycles. The Balaban J connectivity index is 1.54. The van der Waals surface area contributed by atoms with Gasteiger partial charge in [-0.2, -0.15) is 5.10 Å². The van der Waals surface area contributed by atoms with E-state index in [1.165, 1.54) is 17.3 Å². The van der Waals surface area contributed by atoms with Crippen LogP contribution in [-0.2, 0) is 14.3 Å². The molecule has 0 spiro atoms. The molecule has 0 bridgehead atoms. The predicted octanol–water partition coefficient (Wildman–Crippen LogP) is 3.44. The number of rotatable bonds is 7. The van der Waals surface area contributed by atoms with E-state index >= 15 is 0 Å². The van der Waals surface area contributed by atoms with Gasteiger partial charge in [0, 0.05) is 10.0 Å². The lowest BCUT2D eigenvalue weighted by Crippen LogP contribution is -2.24. The number of hydrogen-bond acceptors (Lipinski definition) is 6. The minimum Gasteiger partial charge on any atom is -0.482 e. The number of amides is 1. The van der Waals surface area contributed by atoms with E-state index < -0.39 is 18.5 Å². The SMILES string of the molecule is Cc1cc(Cl)ccc1OCC(=O)OCC(=O)Nc1cc(Cl)ccc1-n1cncn1. The number of anilines is 1. The molecule has 2 aromatic carbocycles. The van der Waals surface area contributed by atoms with Gasteiger partial charge >= 0.3 is 5.97 Å². The van der Waals surface area contributed by atoms with Crippen molar-refractivity contribution in [3.8, 4) is 11.4 Å². The van der Waals surface area contributed by atoms with E-state index in [1.807, 2.05) is 0 Å². The minimum atomic E-state index is -0.683. The maximum Gasteiger partial charge on any atom is 0.344 e. The summed E-state index contributed by atoms with van der Waals surface area (Å²) >= 11 is 11.9. The lowest BCUT2D eigenvalue weighted by Gasteiger charge is -2.12. The third-order valence-electron chi connectivity index (χ3n) is 3.75. The predicted molar refractivity (Wildman–Crippen MR) is 108 cm³/mol. The van der Waals surface area contributed by atoms with E-state index in [0.29, 0.717) is 27.2 Å². The van der Waals surface area contributed by atoms with Gasteiger partial charge in [-0.15, -0.1) is 0 Å². The van der Waals surface area contributed by atoms with Gasteiger partial charge in [0.1, 0.15) is 18.4 Å². The highest BCUT2D eigenvalue weighted by atomic mass is 35.5. The molecule has 1 N–H and O–H groups in total. The summed E-state index contributed by atoms with van der Waals surface area (Å²) in [6.45, 7) is 0.986. The van der Waals surface area contributed by atoms with Crippen LogP contribution in [0.5, 0.6) is 5.75 Å². The zero-order valence-corrected chi connectivity index (χ0v) is 16.8. The van der Waals surface area contributed by atoms with Crippen LogP contribution in [0.4, 0.5) is 5.69 Å². The number of benzene rings is 2. The van der Waals surface area contributed by atoms with Crippen molar-refractivity contribution in [3.05, 3.63) is 64.7 Å². The Hall–Kier alpha value is -3.10. The van der Waals surface area contributed by atoms with Crippen LogP contribution in [0.25, 0.3) is 5.69 Å². The number of carbonyl (C=O) groups excluding carboxylic acids is 2. The Morgan fingerprint density at radius 3 is 2.59 bits per heavy atom. The van der Waals surface area contributed by atoms with Crippen LogP contribution in [0.2, 0.25) is 10.0 Å². The Morgan fingerprint density at radius 1 is 1.10 bits per heavy atom. The summed E-state index contributed by atoms with van der Waals surface area (Å²) in [5.41, 5.74) is 1.75. The van der Waals surface area contributed by atoms with Gasteiger partial charge in [-0.3, -0.25) is 4.79 Å². The number of hydrogen-bond donors (Lipinski definition) is 1. The van der Waals surface area contributed by atoms with Crippen LogP contribution in [0.1, 0.15) is 5.56 Å². The molecule has 0 unspecified atom stereocenters. The number of esters is 1. The lowest BCUT2D eigenvalue weighted by atomic mass is 10.2. The molecule has 1 aromatic heterocycles. The Morgan fingerprint density at radius 2 is 1.86 bits per heavy atom. The van der Waals surface area contributed by atoms with Gasteiger partial charge in [0.15, 0.2) is 13.2 Å². The lowest BCUT2D eigenvalue weighted by molar-refractivity contribution is -0.149. The molecule has 0 aliphatic rings. The second-order valence-electron chi connectivity index (χ2n) is 5.91. The number of halogens is 2. The van der Waals surface area contributed by atoms with Crippen LogP contribution < -0.4 is 10.1 Å². The zero-order valence-electron chi connectivity index (χ0n) is 15.3. The number of aromatic nitrogens is 3. The maximum absolute atomic E-state index is 12.2. The van der Waals surface area contributed by atoms with Crippen molar-refractivity contribution >= 4 is 40.8 Å². The van der Waals surface area contributed by atoms with Crippen molar-refractivity contribution < 1.29 is 19.1 Å². The third-order valence-corrected chi connectivity index (χ3v) is 4.22. The van der Waals surface area contributed by atoms with E-state index in [0.717, 1.165) is 5.56 Å². The third kappa shape index (κ3) is 5.69. The molecule has 0 aliphatic carbocycles. The summed E-state index contributed by atoms with van der Waals surface area (Å²) in [5, 5.41) is 7.66. The van der Waals surface area contributed by atoms with Gasteiger partial charge in [-0.1, -0.05) is 23.2 Å². The summed E-state index contributed by atoms with van der Waals surface area (Å²) in [6.07, 6.45) is 2.85. The first-order valence-electron chi connectivity index (χ1n) is 8.41. The molecule has 0 aliphatic heterocycles. The first-order chi connectivity index (χ1) is 13.9. The van der Waals surface area contributed by atoms with E-state index in [2.05, 4.69) is 15.4 Å². The molecule has 150 valence electrons. The smallest absolute Gasteiger partial charge is 0.344 e. The fourth-order valence-corrected chi connectivity index (χ4v) is 2.82. The van der Waals surface area contributed by atoms with Gasteiger partial charge in [0.2, 0.25) is 0 Å². The Labute approximate surface area is 176 Å². The minimum absolute atomic E-state index is 0.336. The second-order valence-corrected chi connectivity index (χ2v) is 6.78. The van der Waals surface area contributed by atoms with Crippen LogP contribution in [0.3, 0.4) is 0 Å². The average molecular weight is 435 g/mol. The zero-order chi connectivity index (χ0) is 20.8. The highest BCUT2D eigenvalue weighted by molar-refractivity contribution is 6.31. The molecule has 0 saturated carbocycles. The number of carbonyl (C=O) groups is 2. The molecule has 3 aromatic rings.